The molecule has 1 heterocycles. The second-order valence-electron chi connectivity index (χ2n) is 8.69. The summed E-state index contributed by atoms with van der Waals surface area (Å²) >= 11 is 0. The topological polar surface area (TPSA) is 79.0 Å². The maximum Gasteiger partial charge on any atom is 0.325 e. The smallest absolute Gasteiger partial charge is 0.325 e. The number of nitrogens with one attached hydrogen (secondary N) is 1. The number of benzene rings is 1. The Bertz CT molecular complexity index is 795. The van der Waals surface area contributed by atoms with Gasteiger partial charge >= 0.3 is 6.03 Å². The van der Waals surface area contributed by atoms with Crippen molar-refractivity contribution in [2.45, 2.75) is 63.6 Å². The van der Waals surface area contributed by atoms with Crippen molar-refractivity contribution >= 4 is 17.8 Å². The zero-order valence-electron chi connectivity index (χ0n) is 17.1. The van der Waals surface area contributed by atoms with Crippen LogP contribution in [0.2, 0.25) is 0 Å². The van der Waals surface area contributed by atoms with Crippen LogP contribution in [0, 0.1) is 5.92 Å². The van der Waals surface area contributed by atoms with Gasteiger partial charge in [-0.05, 0) is 62.1 Å². The number of amides is 4. The molecule has 1 N–H and O–H groups in total. The van der Waals surface area contributed by atoms with E-state index in [1.807, 2.05) is 24.3 Å². The molecule has 7 nitrogen and oxygen atoms in total. The monoisotopic (exact) mass is 399 g/mol. The van der Waals surface area contributed by atoms with Gasteiger partial charge in [-0.3, -0.25) is 14.5 Å². The summed E-state index contributed by atoms with van der Waals surface area (Å²) < 4.78 is 5.19. The Balaban J connectivity index is 1.43. The largest absolute Gasteiger partial charge is 0.497 e. The van der Waals surface area contributed by atoms with Crippen molar-refractivity contribution in [2.75, 3.05) is 13.7 Å². The third kappa shape index (κ3) is 3.95. The number of imide groups is 1. The van der Waals surface area contributed by atoms with Crippen molar-refractivity contribution in [2.24, 2.45) is 5.92 Å². The summed E-state index contributed by atoms with van der Waals surface area (Å²) in [5.74, 6) is 0.927. The summed E-state index contributed by atoms with van der Waals surface area (Å²) in [5.41, 5.74) is 0.200. The van der Waals surface area contributed by atoms with Crippen LogP contribution in [0.5, 0.6) is 5.75 Å². The van der Waals surface area contributed by atoms with Crippen LogP contribution in [-0.2, 0) is 16.1 Å². The van der Waals surface area contributed by atoms with Gasteiger partial charge in [0.05, 0.1) is 7.11 Å². The summed E-state index contributed by atoms with van der Waals surface area (Å²) in [4.78, 5) is 41.5. The van der Waals surface area contributed by atoms with E-state index in [9.17, 15) is 14.4 Å². The first-order chi connectivity index (χ1) is 13.9. The molecule has 1 saturated heterocycles. The van der Waals surface area contributed by atoms with Crippen LogP contribution in [0.15, 0.2) is 24.3 Å². The van der Waals surface area contributed by atoms with Gasteiger partial charge in [-0.2, -0.15) is 0 Å². The zero-order valence-corrected chi connectivity index (χ0v) is 17.1. The highest BCUT2D eigenvalue weighted by Crippen LogP contribution is 2.36. The van der Waals surface area contributed by atoms with Gasteiger partial charge in [0.2, 0.25) is 5.91 Å². The van der Waals surface area contributed by atoms with Crippen LogP contribution in [0.25, 0.3) is 0 Å². The molecule has 2 saturated carbocycles. The molecule has 0 atom stereocenters. The average Bonchev–Trinajstić information content (AvgIpc) is 3.53. The first kappa shape index (κ1) is 19.7. The average molecular weight is 399 g/mol. The van der Waals surface area contributed by atoms with Crippen molar-refractivity contribution in [3.05, 3.63) is 29.8 Å². The summed E-state index contributed by atoms with van der Waals surface area (Å²) in [6.07, 6.45) is 5.07. The minimum Gasteiger partial charge on any atom is -0.497 e. The van der Waals surface area contributed by atoms with Crippen molar-refractivity contribution in [3.63, 3.8) is 0 Å². The van der Waals surface area contributed by atoms with Crippen LogP contribution < -0.4 is 10.1 Å². The van der Waals surface area contributed by atoms with Crippen molar-refractivity contribution in [1.29, 1.82) is 0 Å². The van der Waals surface area contributed by atoms with Crippen LogP contribution in [-0.4, -0.2) is 52.9 Å². The van der Waals surface area contributed by atoms with Gasteiger partial charge in [0.25, 0.3) is 5.91 Å². The first-order valence-corrected chi connectivity index (χ1v) is 10.5. The van der Waals surface area contributed by atoms with E-state index in [0.717, 1.165) is 41.9 Å². The first-order valence-electron chi connectivity index (χ1n) is 10.5. The van der Waals surface area contributed by atoms with E-state index in [1.165, 1.54) is 0 Å². The molecule has 3 aliphatic rings. The van der Waals surface area contributed by atoms with Gasteiger partial charge < -0.3 is 15.0 Å². The second kappa shape index (κ2) is 7.69. The van der Waals surface area contributed by atoms with Crippen LogP contribution in [0.4, 0.5) is 4.79 Å². The molecule has 0 unspecified atom stereocenters. The highest BCUT2D eigenvalue weighted by molar-refractivity contribution is 6.09. The molecule has 1 aromatic rings. The van der Waals surface area contributed by atoms with E-state index < -0.39 is 11.6 Å². The van der Waals surface area contributed by atoms with Gasteiger partial charge in [0.15, 0.2) is 0 Å². The van der Waals surface area contributed by atoms with Crippen molar-refractivity contribution < 1.29 is 19.1 Å². The fraction of sp³-hybridized carbons (Fsp3) is 0.591. The highest BCUT2D eigenvalue weighted by Gasteiger charge is 2.52. The normalized spacial score (nSPS) is 26.6. The maximum absolute atomic E-state index is 13.0. The summed E-state index contributed by atoms with van der Waals surface area (Å²) in [5, 5.41) is 2.89. The van der Waals surface area contributed by atoms with Crippen molar-refractivity contribution in [3.8, 4) is 5.75 Å². The van der Waals surface area contributed by atoms with E-state index in [0.29, 0.717) is 25.3 Å². The number of urea groups is 1. The number of hydrogen-bond acceptors (Lipinski definition) is 4. The van der Waals surface area contributed by atoms with Gasteiger partial charge in [0, 0.05) is 12.6 Å². The Morgan fingerprint density at radius 1 is 1.17 bits per heavy atom. The Hall–Kier alpha value is -2.57. The van der Waals surface area contributed by atoms with E-state index in [-0.39, 0.29) is 24.4 Å². The highest BCUT2D eigenvalue weighted by atomic mass is 16.5. The molecule has 29 heavy (non-hydrogen) atoms. The van der Waals surface area contributed by atoms with E-state index in [2.05, 4.69) is 12.2 Å². The third-order valence-electron chi connectivity index (χ3n) is 6.49. The molecule has 3 fully saturated rings. The summed E-state index contributed by atoms with van der Waals surface area (Å²) in [7, 11) is 1.62. The molecule has 4 rings (SSSR count). The minimum atomic E-state index is -0.801. The number of hydrogen-bond donors (Lipinski definition) is 1. The van der Waals surface area contributed by atoms with Gasteiger partial charge in [-0.15, -0.1) is 0 Å². The quantitative estimate of drug-likeness (QED) is 0.746. The standard InChI is InChI=1S/C22H29N3O4/c1-15-9-11-22(12-10-15)20(27)25(21(28)23-22)14-19(26)24(17-5-6-17)13-16-3-7-18(29-2)8-4-16/h3-4,7-8,15,17H,5-6,9-14H2,1-2H3,(H,23,28). The zero-order chi connectivity index (χ0) is 20.6. The Labute approximate surface area is 171 Å². The fourth-order valence-corrected chi connectivity index (χ4v) is 4.37. The van der Waals surface area contributed by atoms with Crippen LogP contribution >= 0.6 is 0 Å². The molecule has 2 aliphatic carbocycles. The Kier molecular flexibility index (Phi) is 5.23. The molecule has 4 amide bonds. The number of carbonyl (C=O) groups is 3. The molecule has 0 bridgehead atoms. The predicted octanol–water partition coefficient (Wildman–Crippen LogP) is 2.69. The number of carbonyl (C=O) groups excluding carboxylic acids is 3. The van der Waals surface area contributed by atoms with Crippen LogP contribution in [0.3, 0.4) is 0 Å². The Morgan fingerprint density at radius 2 is 1.83 bits per heavy atom. The number of rotatable bonds is 6. The summed E-state index contributed by atoms with van der Waals surface area (Å²) in [6.45, 7) is 2.45. The number of nitrogens with zero attached hydrogens (tertiary/aromatic N) is 2. The lowest BCUT2D eigenvalue weighted by Gasteiger charge is -2.33. The van der Waals surface area contributed by atoms with Gasteiger partial charge in [-0.1, -0.05) is 19.1 Å². The van der Waals surface area contributed by atoms with E-state index in [4.69, 9.17) is 4.74 Å². The number of methoxy groups -OCH3 is 1. The van der Waals surface area contributed by atoms with E-state index >= 15 is 0 Å². The molecular formula is C22H29N3O4. The molecular weight excluding hydrogens is 370 g/mol. The lowest BCUT2D eigenvalue weighted by atomic mass is 9.77. The second-order valence-corrected chi connectivity index (χ2v) is 8.69. The molecule has 0 radical (unpaired) electrons. The fourth-order valence-electron chi connectivity index (χ4n) is 4.37. The van der Waals surface area contributed by atoms with Crippen molar-refractivity contribution in [1.82, 2.24) is 15.1 Å². The SMILES string of the molecule is COc1ccc(CN(C(=O)CN2C(=O)NC3(CCC(C)CC3)C2=O)C2CC2)cc1. The predicted molar refractivity (Wildman–Crippen MR) is 107 cm³/mol. The molecule has 1 aliphatic heterocycles. The molecule has 156 valence electrons. The molecule has 1 aromatic carbocycles. The lowest BCUT2D eigenvalue weighted by Crippen LogP contribution is -2.50. The van der Waals surface area contributed by atoms with Gasteiger partial charge in [0.1, 0.15) is 17.8 Å². The Morgan fingerprint density at radius 3 is 2.41 bits per heavy atom. The summed E-state index contributed by atoms with van der Waals surface area (Å²) in [6, 6.07) is 7.38. The van der Waals surface area contributed by atoms with E-state index in [1.54, 1.807) is 12.0 Å². The minimum absolute atomic E-state index is 0.173. The maximum atomic E-state index is 13.0. The lowest BCUT2D eigenvalue weighted by molar-refractivity contribution is -0.140. The van der Waals surface area contributed by atoms with Crippen LogP contribution in [0.1, 0.15) is 51.0 Å². The molecule has 0 aromatic heterocycles. The molecule has 1 spiro atoms. The van der Waals surface area contributed by atoms with Gasteiger partial charge in [-0.25, -0.2) is 4.79 Å². The number of ether oxygens (including phenoxy) is 1. The third-order valence-corrected chi connectivity index (χ3v) is 6.49. The molecule has 7 heteroatoms.